The van der Waals surface area contributed by atoms with E-state index in [0.717, 1.165) is 101 Å². The number of anilines is 3. The highest BCUT2D eigenvalue weighted by molar-refractivity contribution is 6.13. The second kappa shape index (κ2) is 14.5. The first kappa shape index (κ1) is 38.2. The van der Waals surface area contributed by atoms with Crippen LogP contribution < -0.4 is 4.90 Å². The van der Waals surface area contributed by atoms with E-state index in [0.29, 0.717) is 5.92 Å². The third-order valence-electron chi connectivity index (χ3n) is 15.0. The van der Waals surface area contributed by atoms with Gasteiger partial charge in [-0.15, -0.1) is 0 Å². The van der Waals surface area contributed by atoms with Crippen molar-refractivity contribution in [2.45, 2.75) is 31.8 Å². The fourth-order valence-corrected chi connectivity index (χ4v) is 11.6. The summed E-state index contributed by atoms with van der Waals surface area (Å²) in [6, 6.07) is 61.6. The number of benzene rings is 8. The lowest BCUT2D eigenvalue weighted by atomic mass is 9.80. The van der Waals surface area contributed by atoms with Gasteiger partial charge in [0.25, 0.3) is 0 Å². The highest BCUT2D eigenvalue weighted by atomic mass is 16.5. The van der Waals surface area contributed by atoms with Crippen molar-refractivity contribution in [3.05, 3.63) is 229 Å². The normalized spacial score (nSPS) is 18.7. The van der Waals surface area contributed by atoms with Crippen LogP contribution in [-0.4, -0.2) is 6.10 Å². The van der Waals surface area contributed by atoms with Gasteiger partial charge in [-0.25, -0.2) is 0 Å². The molecule has 1 fully saturated rings. The summed E-state index contributed by atoms with van der Waals surface area (Å²) in [5.41, 5.74) is 18.9. The van der Waals surface area contributed by atoms with Gasteiger partial charge in [0.15, 0.2) is 0 Å². The number of para-hydroxylation sites is 2. The van der Waals surface area contributed by atoms with Gasteiger partial charge in [-0.3, -0.25) is 0 Å². The molecule has 4 nitrogen and oxygen atoms in total. The van der Waals surface area contributed by atoms with E-state index in [-0.39, 0.29) is 17.4 Å². The number of ether oxygens (including phenoxy) is 1. The monoisotopic (exact) mass is 863 g/mol. The summed E-state index contributed by atoms with van der Waals surface area (Å²) in [5.74, 6) is 1.74. The molecule has 0 spiro atoms. The smallest absolute Gasteiger partial charge is 0.143 e. The van der Waals surface area contributed by atoms with Gasteiger partial charge in [0.05, 0.1) is 0 Å². The molecule has 3 unspecified atom stereocenters. The van der Waals surface area contributed by atoms with Crippen molar-refractivity contribution in [3.8, 4) is 33.4 Å². The van der Waals surface area contributed by atoms with Crippen LogP contribution in [0.4, 0.5) is 17.1 Å². The van der Waals surface area contributed by atoms with E-state index in [9.17, 15) is 0 Å². The third-order valence-corrected chi connectivity index (χ3v) is 15.0. The van der Waals surface area contributed by atoms with E-state index in [4.69, 9.17) is 13.6 Å². The second-order valence-corrected chi connectivity index (χ2v) is 19.1. The molecule has 10 aromatic rings. The molecule has 14 rings (SSSR count). The maximum atomic E-state index is 6.91. The summed E-state index contributed by atoms with van der Waals surface area (Å²) in [6.45, 7) is 4.69. The first-order valence-electron chi connectivity index (χ1n) is 23.5. The predicted octanol–water partition coefficient (Wildman–Crippen LogP) is 17.0. The van der Waals surface area contributed by atoms with E-state index >= 15 is 0 Å². The van der Waals surface area contributed by atoms with Crippen molar-refractivity contribution in [2.75, 3.05) is 4.90 Å². The van der Waals surface area contributed by atoms with Gasteiger partial charge in [0.2, 0.25) is 0 Å². The summed E-state index contributed by atoms with van der Waals surface area (Å²) in [6.07, 6.45) is 14.5. The summed E-state index contributed by atoms with van der Waals surface area (Å²) in [5, 5.41) is 4.39. The number of fused-ring (bicyclic) bond motifs is 12. The van der Waals surface area contributed by atoms with Gasteiger partial charge in [0.1, 0.15) is 34.2 Å². The summed E-state index contributed by atoms with van der Waals surface area (Å²) < 4.78 is 19.6. The Morgan fingerprint density at radius 1 is 0.522 bits per heavy atom. The highest BCUT2D eigenvalue weighted by Gasteiger charge is 2.41. The maximum absolute atomic E-state index is 6.91. The summed E-state index contributed by atoms with van der Waals surface area (Å²) >= 11 is 0. The van der Waals surface area contributed by atoms with Crippen LogP contribution in [0.2, 0.25) is 0 Å². The molecule has 0 bridgehead atoms. The minimum atomic E-state index is -0.0969. The van der Waals surface area contributed by atoms with Gasteiger partial charge in [-0.1, -0.05) is 129 Å². The molecule has 320 valence electrons. The van der Waals surface area contributed by atoms with Crippen molar-refractivity contribution in [2.24, 2.45) is 11.8 Å². The summed E-state index contributed by atoms with van der Waals surface area (Å²) in [4.78, 5) is 2.37. The van der Waals surface area contributed by atoms with Crippen LogP contribution in [0.3, 0.4) is 0 Å². The highest BCUT2D eigenvalue weighted by Crippen LogP contribution is 2.51. The average Bonchev–Trinajstić information content (AvgIpc) is 4.12. The topological polar surface area (TPSA) is 38.8 Å². The quantitative estimate of drug-likeness (QED) is 0.167. The Morgan fingerprint density at radius 3 is 2.10 bits per heavy atom. The zero-order chi connectivity index (χ0) is 44.4. The molecule has 67 heavy (non-hydrogen) atoms. The van der Waals surface area contributed by atoms with Gasteiger partial charge >= 0.3 is 0 Å². The molecule has 0 amide bonds. The zero-order valence-electron chi connectivity index (χ0n) is 37.2. The SMILES string of the molecule is CC1(C)c2ccccc2-c2ccc(N(c3ccccc3)c3ccc(-c4ccc5oc6c(-c7ccc8oc9ccccc9c8c7)cc(C7=CC8C(C=C7)OC7=CC=CCC78)cc6c5c4)cc3)cc21. The van der Waals surface area contributed by atoms with Crippen molar-refractivity contribution in [3.63, 3.8) is 0 Å². The minimum absolute atomic E-state index is 0.0572. The van der Waals surface area contributed by atoms with Gasteiger partial charge < -0.3 is 18.5 Å². The molecule has 0 radical (unpaired) electrons. The van der Waals surface area contributed by atoms with Crippen molar-refractivity contribution < 1.29 is 13.6 Å². The van der Waals surface area contributed by atoms with E-state index in [1.165, 1.54) is 27.8 Å². The molecule has 3 heterocycles. The van der Waals surface area contributed by atoms with Crippen LogP contribution in [0.15, 0.2) is 221 Å². The Hall–Kier alpha value is -8.08. The summed E-state index contributed by atoms with van der Waals surface area (Å²) in [7, 11) is 0. The van der Waals surface area contributed by atoms with Crippen LogP contribution in [0.5, 0.6) is 0 Å². The molecule has 2 aromatic heterocycles. The van der Waals surface area contributed by atoms with Crippen molar-refractivity contribution in [1.29, 1.82) is 0 Å². The molecule has 0 saturated carbocycles. The molecular weight excluding hydrogens is 819 g/mol. The number of rotatable bonds is 6. The minimum Gasteiger partial charge on any atom is -0.490 e. The van der Waals surface area contributed by atoms with E-state index in [1.54, 1.807) is 0 Å². The number of hydrogen-bond acceptors (Lipinski definition) is 4. The van der Waals surface area contributed by atoms with Gasteiger partial charge in [0, 0.05) is 61.4 Å². The Kier molecular flexibility index (Phi) is 8.25. The van der Waals surface area contributed by atoms with Crippen LogP contribution >= 0.6 is 0 Å². The number of hydrogen-bond donors (Lipinski definition) is 0. The lowest BCUT2D eigenvalue weighted by Crippen LogP contribution is -2.19. The Morgan fingerprint density at radius 2 is 1.21 bits per heavy atom. The van der Waals surface area contributed by atoms with Crippen LogP contribution in [-0.2, 0) is 10.2 Å². The molecule has 0 N–H and O–H groups in total. The number of nitrogens with zero attached hydrogens (tertiary/aromatic N) is 1. The van der Waals surface area contributed by atoms with Crippen LogP contribution in [0.1, 0.15) is 37.0 Å². The van der Waals surface area contributed by atoms with Crippen LogP contribution in [0.25, 0.3) is 82.8 Å². The predicted molar refractivity (Wildman–Crippen MR) is 275 cm³/mol. The largest absolute Gasteiger partial charge is 0.490 e. The molecule has 8 aromatic carbocycles. The number of allylic oxidation sites excluding steroid dienone is 6. The molecular formula is C63H45NO3. The Labute approximate surface area is 389 Å². The first-order valence-corrected chi connectivity index (χ1v) is 23.5. The third kappa shape index (κ3) is 5.92. The standard InChI is InChI=1S/C63H45NO3/c1-63(2)55-17-9-6-14-46(55)47-28-27-45(37-56(47)63)64(43-12-4-3-5-13-43)44-25-20-38(21-26-44)39-22-30-61-53(32-39)54-36-42(40-23-29-59-51(33-40)48-15-7-10-18-57(48)65-59)35-50(62(54)67-61)41-24-31-60-52(34-41)49-16-8-11-19-58(49)66-60/h3-14,16-37,48,51,59H,15H2,1-2H3. The lowest BCUT2D eigenvalue weighted by molar-refractivity contribution is 0.185. The molecule has 4 heteroatoms. The number of furan rings is 2. The Bertz CT molecular complexity index is 3800. The lowest BCUT2D eigenvalue weighted by Gasteiger charge is -2.28. The average molecular weight is 864 g/mol. The zero-order valence-corrected chi connectivity index (χ0v) is 37.2. The van der Waals surface area contributed by atoms with Crippen molar-refractivity contribution in [1.82, 2.24) is 0 Å². The molecule has 1 aliphatic heterocycles. The maximum Gasteiger partial charge on any atom is 0.143 e. The van der Waals surface area contributed by atoms with Crippen LogP contribution in [0, 0.1) is 11.8 Å². The van der Waals surface area contributed by atoms with Gasteiger partial charge in [-0.05, 0) is 148 Å². The van der Waals surface area contributed by atoms with E-state index in [1.807, 2.05) is 12.1 Å². The first-order chi connectivity index (χ1) is 32.9. The molecule has 3 aliphatic carbocycles. The van der Waals surface area contributed by atoms with E-state index < -0.39 is 0 Å². The molecule has 4 aliphatic rings. The van der Waals surface area contributed by atoms with E-state index in [2.05, 4.69) is 213 Å². The second-order valence-electron chi connectivity index (χ2n) is 19.1. The van der Waals surface area contributed by atoms with Gasteiger partial charge in [-0.2, -0.15) is 0 Å². The molecule has 3 atom stereocenters. The van der Waals surface area contributed by atoms with Crippen molar-refractivity contribution >= 4 is 66.5 Å². The Balaban J connectivity index is 0.881. The fraction of sp³-hybridized carbons (Fsp3) is 0.111. The fourth-order valence-electron chi connectivity index (χ4n) is 11.6. The molecule has 1 saturated heterocycles.